The second kappa shape index (κ2) is 9.74. The minimum absolute atomic E-state index is 0.293. The first-order valence-electron chi connectivity index (χ1n) is 11.5. The van der Waals surface area contributed by atoms with Crippen molar-refractivity contribution in [1.82, 2.24) is 15.3 Å². The minimum atomic E-state index is -0.365. The summed E-state index contributed by atoms with van der Waals surface area (Å²) < 4.78 is 5.26. The molecule has 0 radical (unpaired) electrons. The predicted molar refractivity (Wildman–Crippen MR) is 133 cm³/mol. The van der Waals surface area contributed by atoms with Crippen molar-refractivity contribution in [2.45, 2.75) is 32.3 Å². The van der Waals surface area contributed by atoms with Crippen LogP contribution in [0.5, 0.6) is 0 Å². The van der Waals surface area contributed by atoms with Crippen LogP contribution in [0.4, 0.5) is 4.79 Å². The number of aromatic amines is 1. The molecule has 5 aromatic rings. The van der Waals surface area contributed by atoms with Gasteiger partial charge in [0.1, 0.15) is 6.61 Å². The fourth-order valence-electron chi connectivity index (χ4n) is 4.37. The van der Waals surface area contributed by atoms with E-state index in [1.54, 1.807) is 0 Å². The molecule has 0 atom stereocenters. The second-order valence-corrected chi connectivity index (χ2v) is 8.30. The number of nitrogens with one attached hydrogen (secondary N) is 2. The Balaban J connectivity index is 1.18. The number of aryl methyl sites for hydroxylation is 1. The number of carbonyl (C=O) groups is 1. The zero-order valence-corrected chi connectivity index (χ0v) is 18.5. The van der Waals surface area contributed by atoms with Crippen LogP contribution in [0.3, 0.4) is 0 Å². The van der Waals surface area contributed by atoms with Gasteiger partial charge in [-0.1, -0.05) is 73.2 Å². The van der Waals surface area contributed by atoms with Crippen LogP contribution in [0.25, 0.3) is 32.7 Å². The van der Waals surface area contributed by atoms with Crippen molar-refractivity contribution in [2.24, 2.45) is 0 Å². The first kappa shape index (κ1) is 21.0. The van der Waals surface area contributed by atoms with Gasteiger partial charge in [0.25, 0.3) is 0 Å². The van der Waals surface area contributed by atoms with E-state index in [2.05, 4.69) is 52.8 Å². The Hall–Kier alpha value is -3.86. The van der Waals surface area contributed by atoms with E-state index in [-0.39, 0.29) is 6.09 Å². The summed E-state index contributed by atoms with van der Waals surface area (Å²) in [6.45, 7) is 0.905. The van der Waals surface area contributed by atoms with E-state index in [4.69, 9.17) is 9.72 Å². The average Bonchev–Trinajstić information content (AvgIpc) is 3.26. The standard InChI is InChI=1S/C28H27N3O2/c32-28(33-19-20-11-3-1-4-12-20)29-18-10-2-5-17-25-26-21-13-6-8-15-23(21)31-27(26)22-14-7-9-16-24(22)30-25/h1,3-4,6-9,11-16,31H,2,5,10,17-19H2,(H,29,32). The number of benzene rings is 3. The van der Waals surface area contributed by atoms with E-state index >= 15 is 0 Å². The van der Waals surface area contributed by atoms with E-state index in [1.165, 1.54) is 16.3 Å². The van der Waals surface area contributed by atoms with Crippen molar-refractivity contribution in [1.29, 1.82) is 0 Å². The summed E-state index contributed by atoms with van der Waals surface area (Å²) >= 11 is 0. The summed E-state index contributed by atoms with van der Waals surface area (Å²) in [6.07, 6.45) is 3.47. The van der Waals surface area contributed by atoms with E-state index in [1.807, 2.05) is 36.4 Å². The molecule has 0 aliphatic carbocycles. The molecule has 0 unspecified atom stereocenters. The summed E-state index contributed by atoms with van der Waals surface area (Å²) in [7, 11) is 0. The topological polar surface area (TPSA) is 67.0 Å². The average molecular weight is 438 g/mol. The van der Waals surface area contributed by atoms with Gasteiger partial charge in [-0.3, -0.25) is 4.98 Å². The van der Waals surface area contributed by atoms with Crippen molar-refractivity contribution in [3.63, 3.8) is 0 Å². The van der Waals surface area contributed by atoms with Gasteiger partial charge in [-0.2, -0.15) is 0 Å². The van der Waals surface area contributed by atoms with Crippen molar-refractivity contribution >= 4 is 38.8 Å². The van der Waals surface area contributed by atoms with Gasteiger partial charge in [0, 0.05) is 28.2 Å². The van der Waals surface area contributed by atoms with Crippen molar-refractivity contribution in [2.75, 3.05) is 6.54 Å². The molecule has 2 N–H and O–H groups in total. The monoisotopic (exact) mass is 437 g/mol. The molecule has 33 heavy (non-hydrogen) atoms. The predicted octanol–water partition coefficient (Wildman–Crippen LogP) is 6.51. The molecule has 5 nitrogen and oxygen atoms in total. The molecule has 0 saturated carbocycles. The van der Waals surface area contributed by atoms with Crippen molar-refractivity contribution in [3.8, 4) is 0 Å². The lowest BCUT2D eigenvalue weighted by atomic mass is 10.0. The van der Waals surface area contributed by atoms with Crippen LogP contribution in [0.1, 0.15) is 30.5 Å². The third-order valence-corrected chi connectivity index (χ3v) is 6.00. The van der Waals surface area contributed by atoms with Crippen molar-refractivity contribution in [3.05, 3.63) is 90.1 Å². The molecule has 2 aromatic heterocycles. The fraction of sp³-hybridized carbons (Fsp3) is 0.214. The summed E-state index contributed by atoms with van der Waals surface area (Å²) in [5, 5.41) is 6.46. The molecule has 0 aliphatic heterocycles. The Labute approximate surface area is 192 Å². The van der Waals surface area contributed by atoms with Crippen LogP contribution in [-0.4, -0.2) is 22.6 Å². The molecule has 0 bridgehead atoms. The number of hydrogen-bond acceptors (Lipinski definition) is 3. The molecule has 3 aromatic carbocycles. The second-order valence-electron chi connectivity index (χ2n) is 8.30. The number of carbonyl (C=O) groups excluding carboxylic acids is 1. The van der Waals surface area contributed by atoms with Gasteiger partial charge in [0.2, 0.25) is 0 Å². The molecule has 0 aliphatic rings. The van der Waals surface area contributed by atoms with Gasteiger partial charge >= 0.3 is 6.09 Å². The molecule has 1 amide bonds. The van der Waals surface area contributed by atoms with Crippen LogP contribution in [-0.2, 0) is 17.8 Å². The van der Waals surface area contributed by atoms with Gasteiger partial charge in [0.15, 0.2) is 0 Å². The number of para-hydroxylation sites is 2. The normalized spacial score (nSPS) is 11.3. The van der Waals surface area contributed by atoms with Crippen LogP contribution >= 0.6 is 0 Å². The lowest BCUT2D eigenvalue weighted by molar-refractivity contribution is 0.139. The Morgan fingerprint density at radius 2 is 1.61 bits per heavy atom. The number of aromatic nitrogens is 2. The summed E-state index contributed by atoms with van der Waals surface area (Å²) in [5.74, 6) is 0. The summed E-state index contributed by atoms with van der Waals surface area (Å²) in [6, 6.07) is 26.4. The third kappa shape index (κ3) is 4.67. The van der Waals surface area contributed by atoms with Gasteiger partial charge < -0.3 is 15.0 Å². The lowest BCUT2D eigenvalue weighted by Gasteiger charge is -2.08. The highest BCUT2D eigenvalue weighted by atomic mass is 16.5. The molecular formula is C28H27N3O2. The van der Waals surface area contributed by atoms with Crippen LogP contribution in [0, 0.1) is 0 Å². The number of H-pyrrole nitrogens is 1. The molecule has 0 fully saturated rings. The Kier molecular flexibility index (Phi) is 6.20. The molecule has 2 heterocycles. The van der Waals surface area contributed by atoms with E-state index < -0.39 is 0 Å². The smallest absolute Gasteiger partial charge is 0.407 e. The SMILES string of the molecule is O=C(NCCCCCc1nc2ccccc2c2[nH]c3ccccc3c12)OCc1ccccc1. The molecule has 0 saturated heterocycles. The summed E-state index contributed by atoms with van der Waals surface area (Å²) in [4.78, 5) is 20.5. The third-order valence-electron chi connectivity index (χ3n) is 6.00. The zero-order valence-electron chi connectivity index (χ0n) is 18.5. The first-order valence-corrected chi connectivity index (χ1v) is 11.5. The largest absolute Gasteiger partial charge is 0.445 e. The zero-order chi connectivity index (χ0) is 22.5. The Morgan fingerprint density at radius 3 is 2.48 bits per heavy atom. The molecular weight excluding hydrogens is 410 g/mol. The van der Waals surface area contributed by atoms with E-state index in [0.29, 0.717) is 13.2 Å². The molecule has 5 rings (SSSR count). The number of nitrogens with zero attached hydrogens (tertiary/aromatic N) is 1. The highest BCUT2D eigenvalue weighted by molar-refractivity contribution is 6.17. The fourth-order valence-corrected chi connectivity index (χ4v) is 4.37. The number of unbranched alkanes of at least 4 members (excludes halogenated alkanes) is 2. The summed E-state index contributed by atoms with van der Waals surface area (Å²) in [5.41, 5.74) is 5.45. The number of hydrogen-bond donors (Lipinski definition) is 2. The molecule has 166 valence electrons. The number of fused-ring (bicyclic) bond motifs is 5. The van der Waals surface area contributed by atoms with E-state index in [9.17, 15) is 4.79 Å². The lowest BCUT2D eigenvalue weighted by Crippen LogP contribution is -2.25. The number of ether oxygens (including phenoxy) is 1. The maximum absolute atomic E-state index is 11.9. The Morgan fingerprint density at radius 1 is 0.848 bits per heavy atom. The molecule has 0 spiro atoms. The molecule has 5 heteroatoms. The Bertz CT molecular complexity index is 1390. The highest BCUT2D eigenvalue weighted by Gasteiger charge is 2.13. The quantitative estimate of drug-likeness (QED) is 0.272. The number of alkyl carbamates (subject to hydrolysis) is 1. The van der Waals surface area contributed by atoms with Gasteiger partial charge in [0.05, 0.1) is 16.7 Å². The van der Waals surface area contributed by atoms with Gasteiger partial charge in [-0.25, -0.2) is 4.79 Å². The van der Waals surface area contributed by atoms with Crippen molar-refractivity contribution < 1.29 is 9.53 Å². The minimum Gasteiger partial charge on any atom is -0.445 e. The number of amides is 1. The van der Waals surface area contributed by atoms with Crippen LogP contribution < -0.4 is 5.32 Å². The number of rotatable bonds is 8. The maximum atomic E-state index is 11.9. The van der Waals surface area contributed by atoms with Gasteiger partial charge in [-0.15, -0.1) is 0 Å². The first-order chi connectivity index (χ1) is 16.3. The van der Waals surface area contributed by atoms with Crippen LogP contribution in [0.2, 0.25) is 0 Å². The van der Waals surface area contributed by atoms with Gasteiger partial charge in [-0.05, 0) is 37.0 Å². The highest BCUT2D eigenvalue weighted by Crippen LogP contribution is 2.33. The van der Waals surface area contributed by atoms with Crippen LogP contribution in [0.15, 0.2) is 78.9 Å². The maximum Gasteiger partial charge on any atom is 0.407 e. The number of pyridine rings is 1. The van der Waals surface area contributed by atoms with E-state index in [0.717, 1.165) is 53.4 Å².